The second-order valence-electron chi connectivity index (χ2n) is 5.60. The average molecular weight is 345 g/mol. The number of aromatic nitrogens is 1. The number of pyridine rings is 1. The molecule has 1 saturated heterocycles. The lowest BCUT2D eigenvalue weighted by Crippen LogP contribution is -2.37. The molecule has 6 nitrogen and oxygen atoms in total. The third-order valence-corrected chi connectivity index (χ3v) is 3.97. The van der Waals surface area contributed by atoms with Crippen molar-refractivity contribution in [3.8, 4) is 0 Å². The largest absolute Gasteiger partial charge is 0.325 e. The molecule has 2 aromatic rings. The highest BCUT2D eigenvalue weighted by molar-refractivity contribution is 6.30. The van der Waals surface area contributed by atoms with Crippen LogP contribution in [0.15, 0.2) is 42.6 Å². The van der Waals surface area contributed by atoms with Crippen molar-refractivity contribution < 1.29 is 9.59 Å². The molecular weight excluding hydrogens is 328 g/mol. The van der Waals surface area contributed by atoms with Crippen LogP contribution in [0, 0.1) is 6.92 Å². The van der Waals surface area contributed by atoms with Crippen LogP contribution < -0.4 is 10.2 Å². The zero-order valence-electron chi connectivity index (χ0n) is 13.2. The molecule has 1 aromatic heterocycles. The summed E-state index contributed by atoms with van der Waals surface area (Å²) in [5.74, 6) is 0.215. The lowest BCUT2D eigenvalue weighted by molar-refractivity contribution is -0.116. The van der Waals surface area contributed by atoms with E-state index in [-0.39, 0.29) is 18.5 Å². The summed E-state index contributed by atoms with van der Waals surface area (Å²) in [5.41, 5.74) is 1.74. The molecular formula is C17H17ClN4O2. The molecule has 0 aliphatic carbocycles. The lowest BCUT2D eigenvalue weighted by atomic mass is 10.3. The first kappa shape index (κ1) is 16.3. The van der Waals surface area contributed by atoms with Gasteiger partial charge in [0.05, 0.1) is 0 Å². The van der Waals surface area contributed by atoms with E-state index in [0.717, 1.165) is 11.3 Å². The Kier molecular flexibility index (Phi) is 4.66. The van der Waals surface area contributed by atoms with Gasteiger partial charge in [0.15, 0.2) is 0 Å². The summed E-state index contributed by atoms with van der Waals surface area (Å²) in [6.07, 6.45) is 1.63. The maximum absolute atomic E-state index is 12.5. The third kappa shape index (κ3) is 3.65. The molecule has 0 spiro atoms. The quantitative estimate of drug-likeness (QED) is 0.927. The zero-order chi connectivity index (χ0) is 17.1. The van der Waals surface area contributed by atoms with Gasteiger partial charge in [0.25, 0.3) is 0 Å². The molecule has 24 heavy (non-hydrogen) atoms. The Labute approximate surface area is 145 Å². The molecule has 0 unspecified atom stereocenters. The molecule has 124 valence electrons. The molecule has 1 aliphatic rings. The summed E-state index contributed by atoms with van der Waals surface area (Å²) in [5, 5.41) is 3.28. The Morgan fingerprint density at radius 2 is 2.12 bits per heavy atom. The van der Waals surface area contributed by atoms with Gasteiger partial charge in [-0.2, -0.15) is 0 Å². The smallest absolute Gasteiger partial charge is 0.313 e. The van der Waals surface area contributed by atoms with Gasteiger partial charge < -0.3 is 10.2 Å². The SMILES string of the molecule is Cc1ccnc(NC(=O)CN2CCN(c3cccc(Cl)c3)C2=O)c1. The van der Waals surface area contributed by atoms with Crippen LogP contribution in [-0.4, -0.2) is 41.5 Å². The van der Waals surface area contributed by atoms with E-state index in [2.05, 4.69) is 10.3 Å². The first-order chi connectivity index (χ1) is 11.5. The lowest BCUT2D eigenvalue weighted by Gasteiger charge is -2.18. The molecule has 0 radical (unpaired) electrons. The maximum atomic E-state index is 12.5. The molecule has 3 amide bonds. The van der Waals surface area contributed by atoms with E-state index >= 15 is 0 Å². The molecule has 1 aliphatic heterocycles. The summed E-state index contributed by atoms with van der Waals surface area (Å²) in [6.45, 7) is 2.92. The van der Waals surface area contributed by atoms with Crippen LogP contribution in [0.5, 0.6) is 0 Å². The van der Waals surface area contributed by atoms with Gasteiger partial charge in [0.2, 0.25) is 5.91 Å². The van der Waals surface area contributed by atoms with Gasteiger partial charge in [-0.1, -0.05) is 17.7 Å². The predicted octanol–water partition coefficient (Wildman–Crippen LogP) is 2.92. The van der Waals surface area contributed by atoms with Crippen molar-refractivity contribution in [2.45, 2.75) is 6.92 Å². The zero-order valence-corrected chi connectivity index (χ0v) is 14.0. The normalized spacial score (nSPS) is 14.2. The number of aryl methyl sites for hydroxylation is 1. The van der Waals surface area contributed by atoms with Crippen molar-refractivity contribution in [1.29, 1.82) is 0 Å². The molecule has 1 aromatic carbocycles. The van der Waals surface area contributed by atoms with Crippen molar-refractivity contribution >= 4 is 35.0 Å². The first-order valence-electron chi connectivity index (χ1n) is 7.57. The van der Waals surface area contributed by atoms with Gasteiger partial charge in [-0.15, -0.1) is 0 Å². The summed E-state index contributed by atoms with van der Waals surface area (Å²) in [4.78, 5) is 31.8. The fourth-order valence-corrected chi connectivity index (χ4v) is 2.76. The number of hydrogen-bond donors (Lipinski definition) is 1. The van der Waals surface area contributed by atoms with E-state index in [1.165, 1.54) is 4.90 Å². The first-order valence-corrected chi connectivity index (χ1v) is 7.95. The van der Waals surface area contributed by atoms with Crippen LogP contribution in [-0.2, 0) is 4.79 Å². The summed E-state index contributed by atoms with van der Waals surface area (Å²) < 4.78 is 0. The number of amides is 3. The molecule has 1 fully saturated rings. The third-order valence-electron chi connectivity index (χ3n) is 3.73. The predicted molar refractivity (Wildman–Crippen MR) is 93.4 cm³/mol. The number of rotatable bonds is 4. The number of halogens is 1. The van der Waals surface area contributed by atoms with Gasteiger partial charge >= 0.3 is 6.03 Å². The minimum absolute atomic E-state index is 0.00841. The number of carbonyl (C=O) groups is 2. The molecule has 0 atom stereocenters. The van der Waals surface area contributed by atoms with Gasteiger partial charge in [-0.25, -0.2) is 9.78 Å². The number of nitrogens with one attached hydrogen (secondary N) is 1. The highest BCUT2D eigenvalue weighted by atomic mass is 35.5. The van der Waals surface area contributed by atoms with E-state index in [1.807, 2.05) is 19.1 Å². The van der Waals surface area contributed by atoms with Gasteiger partial charge in [-0.05, 0) is 42.8 Å². The Morgan fingerprint density at radius 3 is 2.88 bits per heavy atom. The number of anilines is 2. The van der Waals surface area contributed by atoms with E-state index in [0.29, 0.717) is 23.9 Å². The number of nitrogens with zero attached hydrogens (tertiary/aromatic N) is 3. The maximum Gasteiger partial charge on any atom is 0.325 e. The van der Waals surface area contributed by atoms with Crippen molar-refractivity contribution in [3.05, 3.63) is 53.2 Å². The van der Waals surface area contributed by atoms with Gasteiger partial charge in [0, 0.05) is 30.0 Å². The molecule has 3 rings (SSSR count). The number of urea groups is 1. The monoisotopic (exact) mass is 344 g/mol. The second kappa shape index (κ2) is 6.88. The van der Waals surface area contributed by atoms with Gasteiger partial charge in [-0.3, -0.25) is 9.69 Å². The topological polar surface area (TPSA) is 65.5 Å². The molecule has 1 N–H and O–H groups in total. The van der Waals surface area contributed by atoms with Crippen molar-refractivity contribution in [2.75, 3.05) is 29.9 Å². The van der Waals surface area contributed by atoms with Crippen molar-refractivity contribution in [3.63, 3.8) is 0 Å². The number of carbonyl (C=O) groups excluding carboxylic acids is 2. The average Bonchev–Trinajstić information content (AvgIpc) is 2.88. The van der Waals surface area contributed by atoms with Crippen LogP contribution in [0.1, 0.15) is 5.56 Å². The highest BCUT2D eigenvalue weighted by Gasteiger charge is 2.30. The molecule has 0 bridgehead atoms. The van der Waals surface area contributed by atoms with Gasteiger partial charge in [0.1, 0.15) is 12.4 Å². The van der Waals surface area contributed by atoms with E-state index < -0.39 is 0 Å². The fraction of sp³-hybridized carbons (Fsp3) is 0.235. The minimum Gasteiger partial charge on any atom is -0.313 e. The van der Waals surface area contributed by atoms with E-state index in [9.17, 15) is 9.59 Å². The highest BCUT2D eigenvalue weighted by Crippen LogP contribution is 2.23. The minimum atomic E-state index is -0.269. The van der Waals surface area contributed by atoms with Crippen LogP contribution in [0.25, 0.3) is 0 Å². The second-order valence-corrected chi connectivity index (χ2v) is 6.04. The number of hydrogen-bond acceptors (Lipinski definition) is 3. The van der Waals surface area contributed by atoms with Crippen LogP contribution in [0.2, 0.25) is 5.02 Å². The Hall–Kier alpha value is -2.60. The van der Waals surface area contributed by atoms with Crippen LogP contribution in [0.4, 0.5) is 16.3 Å². The van der Waals surface area contributed by atoms with Crippen molar-refractivity contribution in [1.82, 2.24) is 9.88 Å². The Balaban J connectivity index is 1.62. The van der Waals surface area contributed by atoms with Crippen LogP contribution >= 0.6 is 11.6 Å². The Bertz CT molecular complexity index is 781. The van der Waals surface area contributed by atoms with Crippen molar-refractivity contribution in [2.24, 2.45) is 0 Å². The van der Waals surface area contributed by atoms with E-state index in [4.69, 9.17) is 11.6 Å². The number of benzene rings is 1. The summed E-state index contributed by atoms with van der Waals surface area (Å²) >= 11 is 5.97. The molecule has 2 heterocycles. The standard InChI is InChI=1S/C17H17ClN4O2/c1-12-5-6-19-15(9-12)20-16(23)11-21-7-8-22(17(21)24)14-4-2-3-13(18)10-14/h2-6,9-10H,7-8,11H2,1H3,(H,19,20,23). The summed E-state index contributed by atoms with van der Waals surface area (Å²) in [7, 11) is 0. The summed E-state index contributed by atoms with van der Waals surface area (Å²) in [6, 6.07) is 10.5. The molecule has 7 heteroatoms. The Morgan fingerprint density at radius 1 is 1.29 bits per heavy atom. The molecule has 0 saturated carbocycles. The van der Waals surface area contributed by atoms with E-state index in [1.54, 1.807) is 35.4 Å². The van der Waals surface area contributed by atoms with Crippen LogP contribution in [0.3, 0.4) is 0 Å². The fourth-order valence-electron chi connectivity index (χ4n) is 2.57.